The van der Waals surface area contributed by atoms with Gasteiger partial charge >= 0.3 is 5.97 Å². The summed E-state index contributed by atoms with van der Waals surface area (Å²) < 4.78 is 7.37. The lowest BCUT2D eigenvalue weighted by atomic mass is 10.0. The quantitative estimate of drug-likeness (QED) is 0.0857. The number of nitrogens with one attached hydrogen (secondary N) is 1. The topological polar surface area (TPSA) is 79.2 Å². The Morgan fingerprint density at radius 1 is 0.971 bits per heavy atom. The van der Waals surface area contributed by atoms with Gasteiger partial charge in [0.05, 0.1) is 5.56 Å². The van der Waals surface area contributed by atoms with Gasteiger partial charge in [-0.25, -0.2) is 4.79 Å². The minimum Gasteiger partial charge on any atom is -0.422 e. The molecule has 0 saturated heterocycles. The number of ether oxygens (including phenoxy) is 1. The van der Waals surface area contributed by atoms with Crippen LogP contribution in [0, 0.1) is 14.9 Å². The zero-order valence-electron chi connectivity index (χ0n) is 17.6. The van der Waals surface area contributed by atoms with Crippen molar-refractivity contribution in [2.45, 2.75) is 0 Å². The van der Waals surface area contributed by atoms with Crippen LogP contribution in [-0.4, -0.2) is 11.9 Å². The molecule has 0 aromatic heterocycles. The largest absolute Gasteiger partial charge is 0.422 e. The fraction of sp³-hybridized carbons (Fsp3) is 0. The van der Waals surface area contributed by atoms with E-state index in [1.807, 2.05) is 48.5 Å². The molecule has 0 saturated carbocycles. The zero-order valence-corrected chi connectivity index (χ0v) is 21.3. The van der Waals surface area contributed by atoms with Crippen LogP contribution >= 0.6 is 38.5 Å². The summed E-state index contributed by atoms with van der Waals surface area (Å²) in [6, 6.07) is 27.2. The first-order chi connectivity index (χ1) is 16.4. The van der Waals surface area contributed by atoms with Crippen molar-refractivity contribution in [3.63, 3.8) is 0 Å². The van der Waals surface area contributed by atoms with E-state index in [1.165, 1.54) is 6.08 Å². The predicted molar refractivity (Wildman–Crippen MR) is 144 cm³/mol. The Balaban J connectivity index is 1.65. The Labute approximate surface area is 218 Å². The van der Waals surface area contributed by atoms with E-state index < -0.39 is 11.9 Å². The molecule has 0 aliphatic heterocycles. The van der Waals surface area contributed by atoms with E-state index in [4.69, 9.17) is 4.74 Å². The lowest BCUT2D eigenvalue weighted by Crippen LogP contribution is -2.14. The molecule has 7 heteroatoms. The third kappa shape index (κ3) is 5.53. The molecule has 0 bridgehead atoms. The number of nitriles is 1. The maximum Gasteiger partial charge on any atom is 0.344 e. The molecule has 5 nitrogen and oxygen atoms in total. The average Bonchev–Trinajstić information content (AvgIpc) is 2.83. The summed E-state index contributed by atoms with van der Waals surface area (Å²) in [5.74, 6) is -0.859. The number of rotatable bonds is 5. The molecule has 1 amide bonds. The molecule has 4 rings (SSSR count). The van der Waals surface area contributed by atoms with Gasteiger partial charge in [-0.3, -0.25) is 4.79 Å². The number of carbonyl (C=O) groups excluding carboxylic acids is 2. The number of carbonyl (C=O) groups is 2. The molecule has 1 N–H and O–H groups in total. The number of amides is 1. The van der Waals surface area contributed by atoms with Crippen molar-refractivity contribution < 1.29 is 14.3 Å². The normalized spacial score (nSPS) is 11.0. The Hall–Kier alpha value is -3.48. The fourth-order valence-corrected chi connectivity index (χ4v) is 4.27. The van der Waals surface area contributed by atoms with Crippen molar-refractivity contribution in [2.24, 2.45) is 0 Å². The summed E-state index contributed by atoms with van der Waals surface area (Å²) in [4.78, 5) is 25.7. The minimum absolute atomic E-state index is 0.126. The number of esters is 1. The van der Waals surface area contributed by atoms with Crippen LogP contribution in [0.1, 0.15) is 15.9 Å². The first-order valence-corrected chi connectivity index (χ1v) is 12.0. The van der Waals surface area contributed by atoms with Crippen molar-refractivity contribution >= 4 is 72.9 Å². The van der Waals surface area contributed by atoms with Gasteiger partial charge in [0.1, 0.15) is 17.4 Å². The van der Waals surface area contributed by atoms with E-state index in [9.17, 15) is 14.9 Å². The van der Waals surface area contributed by atoms with Gasteiger partial charge in [-0.1, -0.05) is 58.4 Å². The molecule has 0 heterocycles. The number of fused-ring (bicyclic) bond motifs is 1. The molecular weight excluding hydrogens is 607 g/mol. The van der Waals surface area contributed by atoms with Crippen LogP contribution in [0.25, 0.3) is 16.8 Å². The van der Waals surface area contributed by atoms with E-state index in [2.05, 4.69) is 43.8 Å². The van der Waals surface area contributed by atoms with Crippen molar-refractivity contribution in [2.75, 3.05) is 5.32 Å². The van der Waals surface area contributed by atoms with Gasteiger partial charge in [0.2, 0.25) is 0 Å². The van der Waals surface area contributed by atoms with Crippen LogP contribution in [0.4, 0.5) is 5.69 Å². The number of hydrogen-bond donors (Lipinski definition) is 1. The maximum atomic E-state index is 13.0. The SMILES string of the molecule is N#C/C(=C\c1cc(Br)ccc1OC(=O)c1cccc2ccccc12)C(=O)Nc1cccc(I)c1. The highest BCUT2D eigenvalue weighted by Gasteiger charge is 2.16. The standard InChI is InChI=1S/C27H16BrIN2O3/c28-20-11-12-25(34-27(33)24-10-3-6-17-5-1-2-9-23(17)24)18(14-20)13-19(16-30)26(32)31-22-8-4-7-21(29)15-22/h1-15H,(H,31,32)/b19-13+. The monoisotopic (exact) mass is 622 g/mol. The predicted octanol–water partition coefficient (Wildman–Crippen LogP) is 6.97. The number of hydrogen-bond acceptors (Lipinski definition) is 4. The van der Waals surface area contributed by atoms with E-state index in [-0.39, 0.29) is 11.3 Å². The first-order valence-electron chi connectivity index (χ1n) is 10.1. The van der Waals surface area contributed by atoms with Gasteiger partial charge < -0.3 is 10.1 Å². The number of halogens is 2. The van der Waals surface area contributed by atoms with Gasteiger partial charge in [-0.05, 0) is 81.9 Å². The smallest absolute Gasteiger partial charge is 0.344 e. The molecule has 4 aromatic carbocycles. The molecule has 0 atom stereocenters. The molecule has 0 aliphatic rings. The van der Waals surface area contributed by atoms with Gasteiger partial charge in [-0.15, -0.1) is 0 Å². The number of nitrogens with zero attached hydrogens (tertiary/aromatic N) is 1. The van der Waals surface area contributed by atoms with Crippen molar-refractivity contribution in [3.8, 4) is 11.8 Å². The van der Waals surface area contributed by atoms with E-state index in [1.54, 1.807) is 42.5 Å². The van der Waals surface area contributed by atoms with E-state index >= 15 is 0 Å². The van der Waals surface area contributed by atoms with Gasteiger partial charge in [0.15, 0.2) is 0 Å². The highest BCUT2D eigenvalue weighted by atomic mass is 127. The van der Waals surface area contributed by atoms with Crippen LogP contribution in [-0.2, 0) is 4.79 Å². The molecule has 166 valence electrons. The van der Waals surface area contributed by atoms with Crippen LogP contribution in [0.15, 0.2) is 95.0 Å². The molecule has 0 spiro atoms. The van der Waals surface area contributed by atoms with Crippen molar-refractivity contribution in [1.29, 1.82) is 5.26 Å². The Kier molecular flexibility index (Phi) is 7.40. The fourth-order valence-electron chi connectivity index (χ4n) is 3.35. The summed E-state index contributed by atoms with van der Waals surface area (Å²) in [6.07, 6.45) is 1.40. The maximum absolute atomic E-state index is 13.0. The molecule has 0 unspecified atom stereocenters. The summed E-state index contributed by atoms with van der Waals surface area (Å²) in [6.45, 7) is 0. The average molecular weight is 623 g/mol. The molecule has 34 heavy (non-hydrogen) atoms. The van der Waals surface area contributed by atoms with Crippen LogP contribution in [0.5, 0.6) is 5.75 Å². The summed E-state index contributed by atoms with van der Waals surface area (Å²) >= 11 is 5.54. The van der Waals surface area contributed by atoms with Gasteiger partial charge in [0.25, 0.3) is 5.91 Å². The summed E-state index contributed by atoms with van der Waals surface area (Å²) in [5.41, 5.74) is 1.29. The third-order valence-corrected chi connectivity index (χ3v) is 6.10. The second-order valence-corrected chi connectivity index (χ2v) is 9.39. The highest BCUT2D eigenvalue weighted by Crippen LogP contribution is 2.28. The lowest BCUT2D eigenvalue weighted by Gasteiger charge is -2.11. The number of benzene rings is 4. The molecule has 0 fully saturated rings. The van der Waals surface area contributed by atoms with Gasteiger partial charge in [0, 0.05) is 19.3 Å². The Morgan fingerprint density at radius 3 is 2.53 bits per heavy atom. The Morgan fingerprint density at radius 2 is 1.74 bits per heavy atom. The van der Waals surface area contributed by atoms with Gasteiger partial charge in [-0.2, -0.15) is 5.26 Å². The Bertz CT molecular complexity index is 1490. The van der Waals surface area contributed by atoms with Crippen molar-refractivity contribution in [3.05, 3.63) is 110 Å². The second-order valence-electron chi connectivity index (χ2n) is 7.23. The lowest BCUT2D eigenvalue weighted by molar-refractivity contribution is -0.112. The molecule has 0 radical (unpaired) electrons. The van der Waals surface area contributed by atoms with E-state index in [0.29, 0.717) is 21.3 Å². The van der Waals surface area contributed by atoms with Crippen molar-refractivity contribution in [1.82, 2.24) is 0 Å². The summed E-state index contributed by atoms with van der Waals surface area (Å²) in [7, 11) is 0. The molecule has 0 aliphatic carbocycles. The van der Waals surface area contributed by atoms with Crippen LogP contribution < -0.4 is 10.1 Å². The highest BCUT2D eigenvalue weighted by molar-refractivity contribution is 14.1. The molecule has 4 aromatic rings. The van der Waals surface area contributed by atoms with Crippen LogP contribution in [0.3, 0.4) is 0 Å². The zero-order chi connectivity index (χ0) is 24.1. The minimum atomic E-state index is -0.559. The summed E-state index contributed by atoms with van der Waals surface area (Å²) in [5, 5.41) is 14.0. The third-order valence-electron chi connectivity index (χ3n) is 4.93. The second kappa shape index (κ2) is 10.6. The molecular formula is C27H16BrIN2O3. The first kappa shape index (κ1) is 23.7. The van der Waals surface area contributed by atoms with Crippen LogP contribution in [0.2, 0.25) is 0 Å². The van der Waals surface area contributed by atoms with E-state index in [0.717, 1.165) is 14.3 Å². The number of anilines is 1.